The van der Waals surface area contributed by atoms with Crippen LogP contribution in [0.1, 0.15) is 11.1 Å². The Balaban J connectivity index is 1.69. The SMILES string of the molecule is N#Cc1ccccc1/C=C/C(=O)Nc1n[nH]c(-c2ccccc2)n1. The molecule has 6 heteroatoms. The number of hydrogen-bond donors (Lipinski definition) is 2. The number of anilines is 1. The zero-order chi connectivity index (χ0) is 16.8. The van der Waals surface area contributed by atoms with Crippen molar-refractivity contribution in [2.75, 3.05) is 5.32 Å². The van der Waals surface area contributed by atoms with Gasteiger partial charge in [-0.15, -0.1) is 5.10 Å². The molecule has 0 atom stereocenters. The lowest BCUT2D eigenvalue weighted by Crippen LogP contribution is -2.09. The lowest BCUT2D eigenvalue weighted by molar-refractivity contribution is -0.111. The first-order chi connectivity index (χ1) is 11.8. The topological polar surface area (TPSA) is 94.5 Å². The van der Waals surface area contributed by atoms with Crippen molar-refractivity contribution in [2.24, 2.45) is 0 Å². The van der Waals surface area contributed by atoms with E-state index in [1.54, 1.807) is 30.3 Å². The second-order valence-electron chi connectivity index (χ2n) is 4.90. The summed E-state index contributed by atoms with van der Waals surface area (Å²) in [5.41, 5.74) is 2.06. The lowest BCUT2D eigenvalue weighted by atomic mass is 10.1. The Kier molecular flexibility index (Phi) is 4.45. The molecule has 1 heterocycles. The largest absolute Gasteiger partial charge is 0.290 e. The van der Waals surface area contributed by atoms with Gasteiger partial charge in [0.2, 0.25) is 5.95 Å². The first-order valence-corrected chi connectivity index (χ1v) is 7.22. The van der Waals surface area contributed by atoms with Gasteiger partial charge in [-0.25, -0.2) is 0 Å². The smallest absolute Gasteiger partial charge is 0.250 e. The molecule has 0 saturated heterocycles. The van der Waals surface area contributed by atoms with E-state index in [1.165, 1.54) is 6.08 Å². The Morgan fingerprint density at radius 1 is 1.12 bits per heavy atom. The van der Waals surface area contributed by atoms with Crippen molar-refractivity contribution in [2.45, 2.75) is 0 Å². The highest BCUT2D eigenvalue weighted by atomic mass is 16.1. The Morgan fingerprint density at radius 2 is 1.88 bits per heavy atom. The monoisotopic (exact) mass is 315 g/mol. The summed E-state index contributed by atoms with van der Waals surface area (Å²) in [5.74, 6) is 0.392. The van der Waals surface area contributed by atoms with Gasteiger partial charge in [-0.3, -0.25) is 15.2 Å². The van der Waals surface area contributed by atoms with Crippen molar-refractivity contribution < 1.29 is 4.79 Å². The minimum absolute atomic E-state index is 0.192. The van der Waals surface area contributed by atoms with Crippen LogP contribution < -0.4 is 5.32 Å². The minimum atomic E-state index is -0.374. The van der Waals surface area contributed by atoms with E-state index in [-0.39, 0.29) is 11.9 Å². The third kappa shape index (κ3) is 3.54. The number of amides is 1. The maximum Gasteiger partial charge on any atom is 0.250 e. The number of carbonyl (C=O) groups excluding carboxylic acids is 1. The van der Waals surface area contributed by atoms with Crippen molar-refractivity contribution in [1.82, 2.24) is 15.2 Å². The summed E-state index contributed by atoms with van der Waals surface area (Å²) < 4.78 is 0. The van der Waals surface area contributed by atoms with Gasteiger partial charge in [0.15, 0.2) is 5.82 Å². The molecule has 0 spiro atoms. The van der Waals surface area contributed by atoms with Crippen LogP contribution in [0.4, 0.5) is 5.95 Å². The van der Waals surface area contributed by atoms with E-state index in [4.69, 9.17) is 5.26 Å². The number of rotatable bonds is 4. The number of nitrogens with zero attached hydrogens (tertiary/aromatic N) is 3. The Hall–Kier alpha value is -3.72. The van der Waals surface area contributed by atoms with Crippen molar-refractivity contribution in [1.29, 1.82) is 5.26 Å². The summed E-state index contributed by atoms with van der Waals surface area (Å²) in [6.07, 6.45) is 2.92. The van der Waals surface area contributed by atoms with Gasteiger partial charge in [-0.2, -0.15) is 10.2 Å². The number of nitriles is 1. The van der Waals surface area contributed by atoms with Gasteiger partial charge >= 0.3 is 0 Å². The summed E-state index contributed by atoms with van der Waals surface area (Å²) in [5, 5.41) is 18.3. The molecule has 0 bridgehead atoms. The fourth-order valence-electron chi connectivity index (χ4n) is 2.10. The van der Waals surface area contributed by atoms with Crippen LogP contribution in [0.2, 0.25) is 0 Å². The van der Waals surface area contributed by atoms with Crippen molar-refractivity contribution in [3.8, 4) is 17.5 Å². The quantitative estimate of drug-likeness (QED) is 0.724. The number of carbonyl (C=O) groups is 1. The molecule has 116 valence electrons. The predicted molar refractivity (Wildman–Crippen MR) is 90.6 cm³/mol. The fourth-order valence-corrected chi connectivity index (χ4v) is 2.10. The highest BCUT2D eigenvalue weighted by Gasteiger charge is 2.07. The van der Waals surface area contributed by atoms with E-state index in [0.29, 0.717) is 17.0 Å². The van der Waals surface area contributed by atoms with Crippen LogP contribution in [0.15, 0.2) is 60.7 Å². The molecule has 2 aromatic carbocycles. The second kappa shape index (κ2) is 7.03. The van der Waals surface area contributed by atoms with E-state index >= 15 is 0 Å². The molecular weight excluding hydrogens is 302 g/mol. The molecule has 1 aromatic heterocycles. The summed E-state index contributed by atoms with van der Waals surface area (Å²) in [6.45, 7) is 0. The lowest BCUT2D eigenvalue weighted by Gasteiger charge is -1.97. The van der Waals surface area contributed by atoms with Crippen molar-refractivity contribution >= 4 is 17.9 Å². The van der Waals surface area contributed by atoms with Crippen molar-refractivity contribution in [3.63, 3.8) is 0 Å². The van der Waals surface area contributed by atoms with Crippen LogP contribution in [-0.4, -0.2) is 21.1 Å². The number of hydrogen-bond acceptors (Lipinski definition) is 4. The summed E-state index contributed by atoms with van der Waals surface area (Å²) in [7, 11) is 0. The van der Waals surface area contributed by atoms with Crippen LogP contribution in [0.3, 0.4) is 0 Å². The molecule has 24 heavy (non-hydrogen) atoms. The molecule has 3 rings (SSSR count). The van der Waals surface area contributed by atoms with E-state index in [9.17, 15) is 4.79 Å². The zero-order valence-electron chi connectivity index (χ0n) is 12.6. The molecule has 0 radical (unpaired) electrons. The molecule has 0 aliphatic carbocycles. The number of H-pyrrole nitrogens is 1. The highest BCUT2D eigenvalue weighted by molar-refractivity contribution is 6.01. The van der Waals surface area contributed by atoms with Crippen LogP contribution in [0, 0.1) is 11.3 Å². The summed E-state index contributed by atoms with van der Waals surface area (Å²) in [4.78, 5) is 16.2. The van der Waals surface area contributed by atoms with E-state index in [1.807, 2.05) is 30.3 Å². The third-order valence-electron chi connectivity index (χ3n) is 3.26. The molecule has 2 N–H and O–H groups in total. The van der Waals surface area contributed by atoms with Gasteiger partial charge < -0.3 is 0 Å². The Labute approximate surface area is 138 Å². The molecule has 0 unspecified atom stereocenters. The molecular formula is C18H13N5O. The summed E-state index contributed by atoms with van der Waals surface area (Å²) in [6, 6.07) is 18.6. The molecule has 0 aliphatic rings. The fraction of sp³-hybridized carbons (Fsp3) is 0. The number of nitrogens with one attached hydrogen (secondary N) is 2. The van der Waals surface area contributed by atoms with E-state index in [2.05, 4.69) is 26.6 Å². The standard InChI is InChI=1S/C18H13N5O/c19-12-15-9-5-4-6-13(15)10-11-16(24)20-18-21-17(22-23-18)14-7-2-1-3-8-14/h1-11H,(H2,20,21,22,23,24)/b11-10+. The van der Waals surface area contributed by atoms with Gasteiger partial charge in [0, 0.05) is 11.6 Å². The molecule has 0 aliphatic heterocycles. The molecule has 1 amide bonds. The average molecular weight is 315 g/mol. The minimum Gasteiger partial charge on any atom is -0.290 e. The van der Waals surface area contributed by atoms with Crippen LogP contribution in [0.5, 0.6) is 0 Å². The number of aromatic amines is 1. The van der Waals surface area contributed by atoms with Crippen LogP contribution in [0.25, 0.3) is 17.5 Å². The highest BCUT2D eigenvalue weighted by Crippen LogP contribution is 2.15. The van der Waals surface area contributed by atoms with Gasteiger partial charge in [0.05, 0.1) is 11.6 Å². The molecule has 6 nitrogen and oxygen atoms in total. The van der Waals surface area contributed by atoms with Crippen molar-refractivity contribution in [3.05, 3.63) is 71.8 Å². The normalized spacial score (nSPS) is 10.5. The maximum atomic E-state index is 12.0. The second-order valence-corrected chi connectivity index (χ2v) is 4.90. The van der Waals surface area contributed by atoms with E-state index < -0.39 is 0 Å². The first kappa shape index (κ1) is 15.2. The Bertz CT molecular complexity index is 922. The average Bonchev–Trinajstić information content (AvgIpc) is 3.09. The van der Waals surface area contributed by atoms with Crippen LogP contribution in [-0.2, 0) is 4.79 Å². The molecule has 0 fully saturated rings. The van der Waals surface area contributed by atoms with Gasteiger partial charge in [0.25, 0.3) is 5.91 Å². The summed E-state index contributed by atoms with van der Waals surface area (Å²) >= 11 is 0. The van der Waals surface area contributed by atoms with Gasteiger partial charge in [-0.1, -0.05) is 48.5 Å². The van der Waals surface area contributed by atoms with E-state index in [0.717, 1.165) is 5.56 Å². The zero-order valence-corrected chi connectivity index (χ0v) is 12.6. The van der Waals surface area contributed by atoms with Gasteiger partial charge in [0.1, 0.15) is 0 Å². The third-order valence-corrected chi connectivity index (χ3v) is 3.26. The Morgan fingerprint density at radius 3 is 2.67 bits per heavy atom. The van der Waals surface area contributed by atoms with Gasteiger partial charge in [-0.05, 0) is 17.7 Å². The predicted octanol–water partition coefficient (Wildman–Crippen LogP) is 3.00. The first-order valence-electron chi connectivity index (χ1n) is 7.22. The number of aromatic nitrogens is 3. The van der Waals surface area contributed by atoms with Crippen LogP contribution >= 0.6 is 0 Å². The molecule has 3 aromatic rings. The maximum absolute atomic E-state index is 12.0. The molecule has 0 saturated carbocycles. The number of benzene rings is 2.